The largest absolute Gasteiger partial charge is 0.106 e. The van der Waals surface area contributed by atoms with Crippen LogP contribution in [0, 0.1) is 11.8 Å². The number of rotatable bonds is 3. The minimum atomic E-state index is 0.969. The van der Waals surface area contributed by atoms with Gasteiger partial charge in [-0.25, -0.2) is 0 Å². The van der Waals surface area contributed by atoms with Gasteiger partial charge in [-0.1, -0.05) is 56.5 Å². The molecule has 0 radical (unpaired) electrons. The van der Waals surface area contributed by atoms with Crippen LogP contribution in [0.5, 0.6) is 0 Å². The molecule has 0 nitrogen and oxygen atoms in total. The van der Waals surface area contributed by atoms with E-state index >= 15 is 0 Å². The van der Waals surface area contributed by atoms with Crippen molar-refractivity contribution in [3.05, 3.63) is 11.6 Å². The molecule has 2 rings (SSSR count). The van der Waals surface area contributed by atoms with E-state index in [0.717, 1.165) is 11.8 Å². The average Bonchev–Trinajstić information content (AvgIpc) is 2.38. The van der Waals surface area contributed by atoms with Gasteiger partial charge in [-0.15, -0.1) is 0 Å². The van der Waals surface area contributed by atoms with Crippen molar-refractivity contribution >= 4 is 7.85 Å². The summed E-state index contributed by atoms with van der Waals surface area (Å²) in [7, 11) is 2.31. The Hall–Kier alpha value is -0.195. The van der Waals surface area contributed by atoms with E-state index in [-0.39, 0.29) is 0 Å². The van der Waals surface area contributed by atoms with Gasteiger partial charge in [0.05, 0.1) is 0 Å². The van der Waals surface area contributed by atoms with Crippen molar-refractivity contribution in [2.24, 2.45) is 11.8 Å². The fourth-order valence-corrected chi connectivity index (χ4v) is 3.77. The second-order valence-electron chi connectivity index (χ2n) is 5.78. The van der Waals surface area contributed by atoms with E-state index in [4.69, 9.17) is 0 Å². The molecule has 2 fully saturated rings. The van der Waals surface area contributed by atoms with Gasteiger partial charge in [0.2, 0.25) is 0 Å². The van der Waals surface area contributed by atoms with Gasteiger partial charge in [-0.3, -0.25) is 0 Å². The second kappa shape index (κ2) is 6.52. The third kappa shape index (κ3) is 3.15. The van der Waals surface area contributed by atoms with E-state index in [1.807, 2.05) is 5.57 Å². The van der Waals surface area contributed by atoms with Crippen molar-refractivity contribution in [3.8, 4) is 0 Å². The molecule has 0 aliphatic heterocycles. The van der Waals surface area contributed by atoms with Crippen molar-refractivity contribution in [2.45, 2.75) is 70.5 Å². The van der Waals surface area contributed by atoms with Gasteiger partial charge in [0.15, 0.2) is 0 Å². The van der Waals surface area contributed by atoms with Crippen LogP contribution >= 0.6 is 0 Å². The van der Waals surface area contributed by atoms with Crippen LogP contribution in [0.4, 0.5) is 0 Å². The van der Waals surface area contributed by atoms with Crippen LogP contribution in [0.1, 0.15) is 64.2 Å². The molecule has 0 aromatic heterocycles. The van der Waals surface area contributed by atoms with Gasteiger partial charge in [0.1, 0.15) is 7.85 Å². The zero-order chi connectivity index (χ0) is 11.2. The molecule has 0 aromatic rings. The maximum atomic E-state index is 2.59. The zero-order valence-corrected chi connectivity index (χ0v) is 11.0. The van der Waals surface area contributed by atoms with Crippen molar-refractivity contribution < 1.29 is 0 Å². The Morgan fingerprint density at radius 3 is 1.62 bits per heavy atom. The van der Waals surface area contributed by atoms with E-state index in [1.54, 1.807) is 0 Å². The molecule has 0 amide bonds. The highest BCUT2D eigenvalue weighted by molar-refractivity contribution is 6.09. The minimum absolute atomic E-state index is 0.969. The number of hydrogen-bond donors (Lipinski definition) is 0. The van der Waals surface area contributed by atoms with E-state index in [0.29, 0.717) is 0 Å². The highest BCUT2D eigenvalue weighted by atomic mass is 14.3. The highest BCUT2D eigenvalue weighted by Crippen LogP contribution is 2.39. The summed E-state index contributed by atoms with van der Waals surface area (Å²) in [6.45, 7) is 0. The first-order chi connectivity index (χ1) is 7.92. The van der Waals surface area contributed by atoms with Crippen LogP contribution in [-0.4, -0.2) is 7.85 Å². The third-order valence-electron chi connectivity index (χ3n) is 4.59. The molecule has 0 saturated heterocycles. The lowest BCUT2D eigenvalue weighted by atomic mass is 9.73. The Labute approximate surface area is 102 Å². The molecule has 0 aromatic carbocycles. The molecule has 0 unspecified atom stereocenters. The van der Waals surface area contributed by atoms with Crippen molar-refractivity contribution in [1.29, 1.82) is 0 Å². The summed E-state index contributed by atoms with van der Waals surface area (Å²) in [4.78, 5) is 0. The smallest absolute Gasteiger partial charge is 0.0927 e. The Morgan fingerprint density at radius 1 is 0.812 bits per heavy atom. The molecule has 90 valence electrons. The summed E-state index contributed by atoms with van der Waals surface area (Å²) in [6, 6.07) is 0. The maximum Gasteiger partial charge on any atom is 0.106 e. The molecule has 1 heteroatoms. The van der Waals surface area contributed by atoms with Crippen LogP contribution in [0.3, 0.4) is 0 Å². The fraction of sp³-hybridized carbons (Fsp3) is 0.867. The monoisotopic (exact) mass is 218 g/mol. The van der Waals surface area contributed by atoms with E-state index in [9.17, 15) is 0 Å². The fourth-order valence-electron chi connectivity index (χ4n) is 3.77. The van der Waals surface area contributed by atoms with Gasteiger partial charge in [-0.05, 0) is 37.5 Å². The second-order valence-corrected chi connectivity index (χ2v) is 5.78. The lowest BCUT2D eigenvalue weighted by molar-refractivity contribution is 0.325. The molecule has 0 atom stereocenters. The normalized spacial score (nSPS) is 24.2. The summed E-state index contributed by atoms with van der Waals surface area (Å²) in [6.07, 6.45) is 18.7. The molecule has 0 N–H and O–H groups in total. The average molecular weight is 218 g/mol. The topological polar surface area (TPSA) is 0 Å². The summed E-state index contributed by atoms with van der Waals surface area (Å²) in [5.74, 6) is 1.94. The summed E-state index contributed by atoms with van der Waals surface area (Å²) < 4.78 is 0. The molecule has 2 saturated carbocycles. The van der Waals surface area contributed by atoms with Crippen molar-refractivity contribution in [1.82, 2.24) is 0 Å². The Kier molecular flexibility index (Phi) is 5.00. The van der Waals surface area contributed by atoms with Crippen LogP contribution in [0.2, 0.25) is 6.32 Å². The first-order valence-electron chi connectivity index (χ1n) is 7.61. The highest BCUT2D eigenvalue weighted by Gasteiger charge is 2.25. The maximum absolute atomic E-state index is 2.59. The summed E-state index contributed by atoms with van der Waals surface area (Å²) in [5, 5.41) is 0. The van der Waals surface area contributed by atoms with Crippen molar-refractivity contribution in [2.75, 3.05) is 0 Å². The van der Waals surface area contributed by atoms with Gasteiger partial charge in [-0.2, -0.15) is 0 Å². The predicted molar refractivity (Wildman–Crippen MR) is 74.6 cm³/mol. The molecule has 0 heterocycles. The molecular formula is C15H27B. The molecule has 0 spiro atoms. The summed E-state index contributed by atoms with van der Waals surface area (Å²) >= 11 is 0. The predicted octanol–water partition coefficient (Wildman–Crippen LogP) is 4.12. The van der Waals surface area contributed by atoms with Crippen LogP contribution in [0.15, 0.2) is 11.6 Å². The minimum Gasteiger partial charge on any atom is -0.0927 e. The first-order valence-corrected chi connectivity index (χ1v) is 7.61. The molecular weight excluding hydrogens is 191 g/mol. The number of allylic oxidation sites excluding steroid dienone is 2. The molecule has 16 heavy (non-hydrogen) atoms. The Balaban J connectivity index is 2.00. The van der Waals surface area contributed by atoms with Gasteiger partial charge < -0.3 is 0 Å². The van der Waals surface area contributed by atoms with E-state index in [2.05, 4.69) is 13.9 Å². The van der Waals surface area contributed by atoms with Gasteiger partial charge in [0.25, 0.3) is 0 Å². The summed E-state index contributed by atoms with van der Waals surface area (Å²) in [5.41, 5.74) is 1.88. The Bertz CT molecular complexity index is 200. The van der Waals surface area contributed by atoms with Gasteiger partial charge >= 0.3 is 0 Å². The van der Waals surface area contributed by atoms with Crippen LogP contribution < -0.4 is 0 Å². The number of hydrogen-bond acceptors (Lipinski definition) is 0. The van der Waals surface area contributed by atoms with Gasteiger partial charge in [0, 0.05) is 0 Å². The first kappa shape index (κ1) is 12.3. The van der Waals surface area contributed by atoms with E-state index in [1.165, 1.54) is 70.5 Å². The SMILES string of the molecule is BCC=C(C1CCCCC1)C1CCCCC1. The zero-order valence-electron chi connectivity index (χ0n) is 11.0. The van der Waals surface area contributed by atoms with E-state index < -0.39 is 0 Å². The molecule has 0 bridgehead atoms. The Morgan fingerprint density at radius 2 is 1.25 bits per heavy atom. The molecule has 2 aliphatic rings. The lowest BCUT2D eigenvalue weighted by Gasteiger charge is -2.32. The van der Waals surface area contributed by atoms with Crippen molar-refractivity contribution in [3.63, 3.8) is 0 Å². The molecule has 2 aliphatic carbocycles. The van der Waals surface area contributed by atoms with Crippen LogP contribution in [-0.2, 0) is 0 Å². The quantitative estimate of drug-likeness (QED) is 0.493. The lowest BCUT2D eigenvalue weighted by Crippen LogP contribution is -2.18. The standard InChI is InChI=1S/C15H27B/c16-12-11-15(13-7-3-1-4-8-13)14-9-5-2-6-10-14/h11,13-14H,1-10,12,16H2. The third-order valence-corrected chi connectivity index (χ3v) is 4.59. The van der Waals surface area contributed by atoms with Crippen LogP contribution in [0.25, 0.3) is 0 Å².